The van der Waals surface area contributed by atoms with E-state index in [1.165, 1.54) is 11.1 Å². The first kappa shape index (κ1) is 15.0. The maximum atomic E-state index is 5.62. The number of benzene rings is 2. The maximum absolute atomic E-state index is 5.62. The van der Waals surface area contributed by atoms with E-state index in [0.29, 0.717) is 13.2 Å². The molecular weight excluding hydrogens is 302 g/mol. The Bertz CT molecular complexity index is 828. The van der Waals surface area contributed by atoms with Crippen molar-refractivity contribution < 1.29 is 9.47 Å². The van der Waals surface area contributed by atoms with Crippen LogP contribution in [0.3, 0.4) is 0 Å². The van der Waals surface area contributed by atoms with Crippen LogP contribution in [0.15, 0.2) is 48.8 Å². The van der Waals surface area contributed by atoms with Crippen LogP contribution in [-0.4, -0.2) is 29.3 Å². The van der Waals surface area contributed by atoms with Gasteiger partial charge in [0.15, 0.2) is 11.5 Å². The van der Waals surface area contributed by atoms with Crippen molar-refractivity contribution in [1.82, 2.24) is 14.9 Å². The van der Waals surface area contributed by atoms with Crippen LogP contribution < -0.4 is 14.8 Å². The molecule has 2 aromatic carbocycles. The second-order valence-corrected chi connectivity index (χ2v) is 5.94. The van der Waals surface area contributed by atoms with E-state index < -0.39 is 0 Å². The van der Waals surface area contributed by atoms with Crippen molar-refractivity contribution in [2.45, 2.75) is 19.5 Å². The topological polar surface area (TPSA) is 48.3 Å². The Morgan fingerprint density at radius 2 is 1.92 bits per heavy atom. The summed E-state index contributed by atoms with van der Waals surface area (Å²) >= 11 is 0. The largest absolute Gasteiger partial charge is 0.486 e. The summed E-state index contributed by atoms with van der Waals surface area (Å²) < 4.78 is 13.4. The van der Waals surface area contributed by atoms with Crippen LogP contribution in [0.4, 0.5) is 0 Å². The summed E-state index contributed by atoms with van der Waals surface area (Å²) in [6, 6.07) is 14.4. The second kappa shape index (κ2) is 6.93. The highest BCUT2D eigenvalue weighted by molar-refractivity contribution is 5.74. The highest BCUT2D eigenvalue weighted by atomic mass is 16.6. The molecule has 5 nitrogen and oxygen atoms in total. The number of fused-ring (bicyclic) bond motifs is 2. The van der Waals surface area contributed by atoms with Crippen molar-refractivity contribution in [3.63, 3.8) is 0 Å². The van der Waals surface area contributed by atoms with Crippen LogP contribution in [0.25, 0.3) is 11.0 Å². The van der Waals surface area contributed by atoms with Gasteiger partial charge in [0.25, 0.3) is 0 Å². The highest BCUT2D eigenvalue weighted by Gasteiger charge is 2.11. The molecule has 0 saturated carbocycles. The Morgan fingerprint density at radius 1 is 1.04 bits per heavy atom. The van der Waals surface area contributed by atoms with Crippen LogP contribution in [0.2, 0.25) is 0 Å². The molecule has 0 atom stereocenters. The minimum Gasteiger partial charge on any atom is -0.486 e. The monoisotopic (exact) mass is 323 g/mol. The second-order valence-electron chi connectivity index (χ2n) is 5.94. The molecule has 3 aromatic rings. The molecule has 0 aliphatic carbocycles. The Kier molecular flexibility index (Phi) is 4.34. The van der Waals surface area contributed by atoms with E-state index in [2.05, 4.69) is 39.1 Å². The van der Waals surface area contributed by atoms with Crippen LogP contribution >= 0.6 is 0 Å². The van der Waals surface area contributed by atoms with E-state index in [1.54, 1.807) is 0 Å². The van der Waals surface area contributed by atoms with Gasteiger partial charge in [-0.25, -0.2) is 4.98 Å². The lowest BCUT2D eigenvalue weighted by Crippen LogP contribution is -2.18. The molecule has 1 aliphatic rings. The lowest BCUT2D eigenvalue weighted by molar-refractivity contribution is 0.171. The summed E-state index contributed by atoms with van der Waals surface area (Å²) in [5.41, 5.74) is 3.47. The standard InChI is InChI=1S/C19H21N3O2/c1-2-5-17-16(4-1)21-14-22(17)9-3-8-20-13-15-6-7-18-19(12-15)24-11-10-23-18/h1-2,4-7,12,14,20H,3,8-11,13H2. The van der Waals surface area contributed by atoms with Crippen molar-refractivity contribution >= 4 is 11.0 Å². The predicted molar refractivity (Wildman–Crippen MR) is 93.5 cm³/mol. The average Bonchev–Trinajstić information content (AvgIpc) is 3.05. The summed E-state index contributed by atoms with van der Waals surface area (Å²) in [5.74, 6) is 1.70. The number of aromatic nitrogens is 2. The van der Waals surface area contributed by atoms with E-state index in [4.69, 9.17) is 9.47 Å². The van der Waals surface area contributed by atoms with Gasteiger partial charge in [-0.3, -0.25) is 0 Å². The molecule has 0 radical (unpaired) electrons. The number of imidazole rings is 1. The first-order valence-electron chi connectivity index (χ1n) is 8.39. The molecule has 0 bridgehead atoms. The summed E-state index contributed by atoms with van der Waals surface area (Å²) in [6.07, 6.45) is 2.98. The van der Waals surface area contributed by atoms with Crippen molar-refractivity contribution in [1.29, 1.82) is 0 Å². The molecule has 1 aliphatic heterocycles. The molecule has 124 valence electrons. The quantitative estimate of drug-likeness (QED) is 0.709. The van der Waals surface area contributed by atoms with E-state index in [1.807, 2.05) is 24.5 Å². The minimum atomic E-state index is 0.628. The van der Waals surface area contributed by atoms with Gasteiger partial charge in [0.05, 0.1) is 17.4 Å². The summed E-state index contributed by atoms with van der Waals surface area (Å²) in [5, 5.41) is 3.49. The molecule has 24 heavy (non-hydrogen) atoms. The van der Waals surface area contributed by atoms with Crippen molar-refractivity contribution in [3.05, 3.63) is 54.4 Å². The third-order valence-corrected chi connectivity index (χ3v) is 4.22. The van der Waals surface area contributed by atoms with Crippen LogP contribution in [0.1, 0.15) is 12.0 Å². The van der Waals surface area contributed by atoms with Gasteiger partial charge in [-0.1, -0.05) is 18.2 Å². The fraction of sp³-hybridized carbons (Fsp3) is 0.316. The number of nitrogens with zero attached hydrogens (tertiary/aromatic N) is 2. The Labute approximate surface area is 141 Å². The molecule has 0 fully saturated rings. The molecule has 0 amide bonds. The van der Waals surface area contributed by atoms with Gasteiger partial charge >= 0.3 is 0 Å². The summed E-state index contributed by atoms with van der Waals surface area (Å²) in [7, 11) is 0. The average molecular weight is 323 g/mol. The number of para-hydroxylation sites is 2. The molecule has 5 heteroatoms. The van der Waals surface area contributed by atoms with Crippen molar-refractivity contribution in [2.24, 2.45) is 0 Å². The van der Waals surface area contributed by atoms with Gasteiger partial charge in [-0.2, -0.15) is 0 Å². The number of hydrogen-bond acceptors (Lipinski definition) is 4. The zero-order valence-corrected chi connectivity index (χ0v) is 13.6. The van der Waals surface area contributed by atoms with Gasteiger partial charge in [0, 0.05) is 13.1 Å². The van der Waals surface area contributed by atoms with Crippen molar-refractivity contribution in [3.8, 4) is 11.5 Å². The molecule has 0 saturated heterocycles. The maximum Gasteiger partial charge on any atom is 0.161 e. The normalized spacial score (nSPS) is 13.3. The zero-order valence-electron chi connectivity index (χ0n) is 13.6. The molecular formula is C19H21N3O2. The van der Waals surface area contributed by atoms with Gasteiger partial charge in [0.2, 0.25) is 0 Å². The lowest BCUT2D eigenvalue weighted by atomic mass is 10.2. The van der Waals surface area contributed by atoms with Gasteiger partial charge in [-0.15, -0.1) is 0 Å². The van der Waals surface area contributed by atoms with Crippen LogP contribution in [0, 0.1) is 0 Å². The Morgan fingerprint density at radius 3 is 2.88 bits per heavy atom. The molecule has 0 spiro atoms. The number of hydrogen-bond donors (Lipinski definition) is 1. The summed E-state index contributed by atoms with van der Waals surface area (Å²) in [4.78, 5) is 4.42. The number of aryl methyl sites for hydroxylation is 1. The smallest absolute Gasteiger partial charge is 0.161 e. The Hall–Kier alpha value is -2.53. The molecule has 1 N–H and O–H groups in total. The van der Waals surface area contributed by atoms with E-state index in [-0.39, 0.29) is 0 Å². The van der Waals surface area contributed by atoms with Gasteiger partial charge < -0.3 is 19.4 Å². The number of rotatable bonds is 6. The van der Waals surface area contributed by atoms with E-state index in [0.717, 1.165) is 43.1 Å². The van der Waals surface area contributed by atoms with Gasteiger partial charge in [0.1, 0.15) is 13.2 Å². The fourth-order valence-corrected chi connectivity index (χ4v) is 2.99. The van der Waals surface area contributed by atoms with E-state index >= 15 is 0 Å². The molecule has 1 aromatic heterocycles. The number of nitrogens with one attached hydrogen (secondary N) is 1. The molecule has 2 heterocycles. The summed E-state index contributed by atoms with van der Waals surface area (Å²) in [6.45, 7) is 4.02. The first-order chi connectivity index (χ1) is 11.9. The molecule has 0 unspecified atom stereocenters. The highest BCUT2D eigenvalue weighted by Crippen LogP contribution is 2.30. The van der Waals surface area contributed by atoms with Gasteiger partial charge in [-0.05, 0) is 42.8 Å². The van der Waals surface area contributed by atoms with Crippen LogP contribution in [0.5, 0.6) is 11.5 Å². The zero-order chi connectivity index (χ0) is 16.2. The minimum absolute atomic E-state index is 0.628. The third kappa shape index (κ3) is 3.21. The fourth-order valence-electron chi connectivity index (χ4n) is 2.99. The van der Waals surface area contributed by atoms with Crippen molar-refractivity contribution in [2.75, 3.05) is 19.8 Å². The first-order valence-corrected chi connectivity index (χ1v) is 8.39. The van der Waals surface area contributed by atoms with E-state index in [9.17, 15) is 0 Å². The molecule has 4 rings (SSSR count). The SMILES string of the molecule is c1ccc2c(c1)ncn2CCCNCc1ccc2c(c1)OCCO2. The Balaban J connectivity index is 1.26. The lowest BCUT2D eigenvalue weighted by Gasteiger charge is -2.19. The predicted octanol–water partition coefficient (Wildman–Crippen LogP) is 2.99. The third-order valence-electron chi connectivity index (χ3n) is 4.22. The number of ether oxygens (including phenoxy) is 2. The van der Waals surface area contributed by atoms with Crippen LogP contribution in [-0.2, 0) is 13.1 Å².